The van der Waals surface area contributed by atoms with E-state index in [1.165, 1.54) is 11.4 Å². The molecule has 2 aromatic heterocycles. The zero-order valence-electron chi connectivity index (χ0n) is 8.70. The molecule has 0 fully saturated rings. The molecular weight excluding hydrogens is 186 g/mol. The third-order valence-corrected chi connectivity index (χ3v) is 2.86. The predicted molar refractivity (Wildman–Crippen MR) is 60.5 cm³/mol. The molecule has 0 aliphatic carbocycles. The van der Waals surface area contributed by atoms with E-state index in [4.69, 9.17) is 0 Å². The lowest BCUT2D eigenvalue weighted by Crippen LogP contribution is -2.03. The second-order valence-electron chi connectivity index (χ2n) is 3.85. The quantitative estimate of drug-likeness (QED) is 0.704. The number of nitrogens with zero attached hydrogens (tertiary/aromatic N) is 2. The van der Waals surface area contributed by atoms with Crippen LogP contribution in [0.5, 0.6) is 0 Å². The van der Waals surface area contributed by atoms with Gasteiger partial charge in [-0.25, -0.2) is 4.98 Å². The Morgan fingerprint density at radius 1 is 1.33 bits per heavy atom. The molecule has 3 heterocycles. The zero-order chi connectivity index (χ0) is 10.3. The molecule has 0 radical (unpaired) electrons. The SMILES string of the molecule is Cc1ccc2n1-c1cccnc1NCC2. The van der Waals surface area contributed by atoms with Gasteiger partial charge in [-0.3, -0.25) is 0 Å². The van der Waals surface area contributed by atoms with E-state index in [-0.39, 0.29) is 0 Å². The molecule has 0 spiro atoms. The minimum absolute atomic E-state index is 0.952. The first-order valence-electron chi connectivity index (χ1n) is 5.23. The molecule has 0 amide bonds. The minimum atomic E-state index is 0.952. The highest BCUT2D eigenvalue weighted by Crippen LogP contribution is 2.25. The third-order valence-electron chi connectivity index (χ3n) is 2.86. The summed E-state index contributed by atoms with van der Waals surface area (Å²) in [5.41, 5.74) is 3.78. The lowest BCUT2D eigenvalue weighted by molar-refractivity contribution is 0.905. The zero-order valence-corrected chi connectivity index (χ0v) is 8.70. The second-order valence-corrected chi connectivity index (χ2v) is 3.85. The first-order valence-corrected chi connectivity index (χ1v) is 5.23. The maximum absolute atomic E-state index is 4.37. The van der Waals surface area contributed by atoms with Crippen LogP contribution in [0.1, 0.15) is 11.4 Å². The Labute approximate surface area is 88.8 Å². The first-order chi connectivity index (χ1) is 7.36. The summed E-state index contributed by atoms with van der Waals surface area (Å²) >= 11 is 0. The average molecular weight is 199 g/mol. The van der Waals surface area contributed by atoms with Gasteiger partial charge in [0.15, 0.2) is 0 Å². The van der Waals surface area contributed by atoms with Crippen LogP contribution in [0.25, 0.3) is 5.69 Å². The second kappa shape index (κ2) is 3.12. The van der Waals surface area contributed by atoms with E-state index >= 15 is 0 Å². The Morgan fingerprint density at radius 3 is 3.20 bits per heavy atom. The van der Waals surface area contributed by atoms with Crippen LogP contribution in [0, 0.1) is 6.92 Å². The van der Waals surface area contributed by atoms with Gasteiger partial charge >= 0.3 is 0 Å². The highest BCUT2D eigenvalue weighted by molar-refractivity contribution is 5.58. The van der Waals surface area contributed by atoms with Crippen molar-refractivity contribution < 1.29 is 0 Å². The number of pyridine rings is 1. The largest absolute Gasteiger partial charge is 0.368 e. The van der Waals surface area contributed by atoms with Gasteiger partial charge in [0.1, 0.15) is 5.82 Å². The van der Waals surface area contributed by atoms with E-state index in [2.05, 4.69) is 40.0 Å². The highest BCUT2D eigenvalue weighted by atomic mass is 15.1. The van der Waals surface area contributed by atoms with Gasteiger partial charge in [-0.05, 0) is 31.2 Å². The van der Waals surface area contributed by atoms with Crippen molar-refractivity contribution in [1.29, 1.82) is 0 Å². The fourth-order valence-electron chi connectivity index (χ4n) is 2.15. The van der Waals surface area contributed by atoms with Crippen LogP contribution in [0.15, 0.2) is 30.5 Å². The summed E-state index contributed by atoms with van der Waals surface area (Å²) in [5, 5.41) is 3.35. The molecular formula is C12H13N3. The van der Waals surface area contributed by atoms with Crippen molar-refractivity contribution in [3.63, 3.8) is 0 Å². The molecule has 1 aliphatic rings. The molecule has 0 saturated carbocycles. The van der Waals surface area contributed by atoms with E-state index in [0.29, 0.717) is 0 Å². The number of anilines is 1. The molecule has 1 N–H and O–H groups in total. The van der Waals surface area contributed by atoms with Gasteiger partial charge in [0.05, 0.1) is 5.69 Å². The molecule has 0 saturated heterocycles. The van der Waals surface area contributed by atoms with E-state index in [1.54, 1.807) is 0 Å². The number of aromatic nitrogens is 2. The van der Waals surface area contributed by atoms with Gasteiger partial charge in [0.25, 0.3) is 0 Å². The van der Waals surface area contributed by atoms with E-state index in [0.717, 1.165) is 24.5 Å². The van der Waals surface area contributed by atoms with E-state index in [1.807, 2.05) is 12.3 Å². The molecule has 76 valence electrons. The Balaban J connectivity index is 2.30. The molecule has 0 bridgehead atoms. The van der Waals surface area contributed by atoms with Gasteiger partial charge in [0, 0.05) is 30.6 Å². The summed E-state index contributed by atoms with van der Waals surface area (Å²) in [6.07, 6.45) is 2.87. The normalized spacial score (nSPS) is 13.7. The number of hydrogen-bond acceptors (Lipinski definition) is 2. The van der Waals surface area contributed by atoms with Crippen molar-refractivity contribution >= 4 is 5.82 Å². The van der Waals surface area contributed by atoms with E-state index < -0.39 is 0 Å². The van der Waals surface area contributed by atoms with Crippen LogP contribution in [0.2, 0.25) is 0 Å². The van der Waals surface area contributed by atoms with Crippen molar-refractivity contribution in [3.8, 4) is 5.69 Å². The van der Waals surface area contributed by atoms with Crippen molar-refractivity contribution in [2.45, 2.75) is 13.3 Å². The molecule has 0 aromatic carbocycles. The van der Waals surface area contributed by atoms with Gasteiger partial charge in [-0.1, -0.05) is 0 Å². The van der Waals surface area contributed by atoms with Crippen molar-refractivity contribution in [3.05, 3.63) is 41.9 Å². The summed E-state index contributed by atoms with van der Waals surface area (Å²) in [6, 6.07) is 8.45. The molecule has 0 unspecified atom stereocenters. The molecule has 3 nitrogen and oxygen atoms in total. The van der Waals surface area contributed by atoms with Crippen LogP contribution in [-0.2, 0) is 6.42 Å². The summed E-state index contributed by atoms with van der Waals surface area (Å²) in [6.45, 7) is 3.08. The van der Waals surface area contributed by atoms with Crippen LogP contribution in [0.4, 0.5) is 5.82 Å². The van der Waals surface area contributed by atoms with Crippen molar-refractivity contribution in [1.82, 2.24) is 9.55 Å². The Kier molecular flexibility index (Phi) is 1.78. The topological polar surface area (TPSA) is 29.9 Å². The third kappa shape index (κ3) is 1.23. The summed E-state index contributed by atoms with van der Waals surface area (Å²) in [7, 11) is 0. The fraction of sp³-hybridized carbons (Fsp3) is 0.250. The maximum Gasteiger partial charge on any atom is 0.150 e. The van der Waals surface area contributed by atoms with Gasteiger partial charge in [-0.15, -0.1) is 0 Å². The van der Waals surface area contributed by atoms with E-state index in [9.17, 15) is 0 Å². The fourth-order valence-corrected chi connectivity index (χ4v) is 2.15. The maximum atomic E-state index is 4.37. The summed E-state index contributed by atoms with van der Waals surface area (Å²) in [5.74, 6) is 0.982. The molecule has 15 heavy (non-hydrogen) atoms. The van der Waals surface area contributed by atoms with Crippen LogP contribution in [0.3, 0.4) is 0 Å². The number of aryl methyl sites for hydroxylation is 1. The molecule has 3 heteroatoms. The van der Waals surface area contributed by atoms with Crippen LogP contribution in [-0.4, -0.2) is 16.1 Å². The number of nitrogens with one attached hydrogen (secondary N) is 1. The lowest BCUT2D eigenvalue weighted by Gasteiger charge is -2.10. The lowest BCUT2D eigenvalue weighted by atomic mass is 10.3. The predicted octanol–water partition coefficient (Wildman–Crippen LogP) is 2.15. The van der Waals surface area contributed by atoms with Crippen molar-refractivity contribution in [2.75, 3.05) is 11.9 Å². The first kappa shape index (κ1) is 8.53. The molecule has 1 aliphatic heterocycles. The van der Waals surface area contributed by atoms with Gasteiger partial charge in [0.2, 0.25) is 0 Å². The molecule has 0 atom stereocenters. The van der Waals surface area contributed by atoms with Gasteiger partial charge in [-0.2, -0.15) is 0 Å². The summed E-state index contributed by atoms with van der Waals surface area (Å²) in [4.78, 5) is 4.37. The van der Waals surface area contributed by atoms with Crippen LogP contribution < -0.4 is 5.32 Å². The van der Waals surface area contributed by atoms with Crippen molar-refractivity contribution in [2.24, 2.45) is 0 Å². The van der Waals surface area contributed by atoms with Crippen LogP contribution >= 0.6 is 0 Å². The monoisotopic (exact) mass is 199 g/mol. The Morgan fingerprint density at radius 2 is 2.27 bits per heavy atom. The summed E-state index contributed by atoms with van der Waals surface area (Å²) < 4.78 is 2.28. The standard InChI is InChI=1S/C12H13N3/c1-9-4-5-10-6-8-14-12-11(15(9)10)3-2-7-13-12/h2-5,7H,6,8H2,1H3,(H,13,14). The number of fused-ring (bicyclic) bond motifs is 3. The Bertz CT molecular complexity index is 499. The smallest absolute Gasteiger partial charge is 0.150 e. The molecule has 2 aromatic rings. The Hall–Kier alpha value is -1.77. The number of rotatable bonds is 0. The minimum Gasteiger partial charge on any atom is -0.368 e. The number of hydrogen-bond donors (Lipinski definition) is 1. The molecule has 3 rings (SSSR count). The highest BCUT2D eigenvalue weighted by Gasteiger charge is 2.14. The average Bonchev–Trinajstić information content (AvgIpc) is 2.52. The van der Waals surface area contributed by atoms with Gasteiger partial charge < -0.3 is 9.88 Å².